The highest BCUT2D eigenvalue weighted by Gasteiger charge is 2.19. The van der Waals surface area contributed by atoms with Crippen molar-refractivity contribution in [1.82, 2.24) is 4.90 Å². The van der Waals surface area contributed by atoms with E-state index < -0.39 is 23.2 Å². The third kappa shape index (κ3) is 4.01. The molecule has 0 spiro atoms. The molecule has 116 valence electrons. The van der Waals surface area contributed by atoms with Crippen molar-refractivity contribution in [1.29, 1.82) is 0 Å². The highest BCUT2D eigenvalue weighted by Crippen LogP contribution is 2.35. The van der Waals surface area contributed by atoms with Crippen molar-refractivity contribution in [2.24, 2.45) is 0 Å². The van der Waals surface area contributed by atoms with Crippen LogP contribution in [0.25, 0.3) is 0 Å². The number of rotatable bonds is 4. The van der Waals surface area contributed by atoms with Crippen LogP contribution in [0.4, 0.5) is 0 Å². The fraction of sp³-hybridized carbons (Fsp3) is 0.533. The summed E-state index contributed by atoms with van der Waals surface area (Å²) in [6.07, 6.45) is 3.30. The van der Waals surface area contributed by atoms with Gasteiger partial charge in [0.15, 0.2) is 17.2 Å². The van der Waals surface area contributed by atoms with Crippen LogP contribution in [0, 0.1) is 0 Å². The largest absolute Gasteiger partial charge is 0.504 e. The average Bonchev–Trinajstić information content (AvgIpc) is 2.45. The minimum Gasteiger partial charge on any atom is -0.504 e. The first-order valence-corrected chi connectivity index (χ1v) is 7.15. The van der Waals surface area contributed by atoms with Crippen LogP contribution in [0.2, 0.25) is 0 Å². The summed E-state index contributed by atoms with van der Waals surface area (Å²) in [5.41, 5.74) is 0.00768. The molecule has 1 heterocycles. The van der Waals surface area contributed by atoms with Crippen molar-refractivity contribution >= 4 is 5.97 Å². The van der Waals surface area contributed by atoms with E-state index in [-0.39, 0.29) is 11.7 Å². The van der Waals surface area contributed by atoms with Gasteiger partial charge >= 0.3 is 5.97 Å². The van der Waals surface area contributed by atoms with E-state index in [1.54, 1.807) is 0 Å². The number of ether oxygens (including phenoxy) is 1. The van der Waals surface area contributed by atoms with Crippen molar-refractivity contribution in [3.8, 4) is 17.2 Å². The number of esters is 1. The molecule has 1 aromatic rings. The molecule has 2 rings (SSSR count). The lowest BCUT2D eigenvalue weighted by molar-refractivity contribution is 0.0235. The van der Waals surface area contributed by atoms with Gasteiger partial charge in [0.05, 0.1) is 5.56 Å². The zero-order chi connectivity index (χ0) is 15.4. The van der Waals surface area contributed by atoms with Crippen molar-refractivity contribution in [3.05, 3.63) is 17.7 Å². The number of hydrogen-bond acceptors (Lipinski definition) is 6. The summed E-state index contributed by atoms with van der Waals surface area (Å²) >= 11 is 0. The van der Waals surface area contributed by atoms with Gasteiger partial charge in [0.1, 0.15) is 6.10 Å². The van der Waals surface area contributed by atoms with Gasteiger partial charge < -0.3 is 20.1 Å². The van der Waals surface area contributed by atoms with Gasteiger partial charge in [0, 0.05) is 6.54 Å². The number of piperidine rings is 1. The van der Waals surface area contributed by atoms with Crippen LogP contribution in [-0.2, 0) is 4.74 Å². The van der Waals surface area contributed by atoms with E-state index in [1.807, 2.05) is 6.92 Å². The summed E-state index contributed by atoms with van der Waals surface area (Å²) < 4.78 is 5.30. The first-order valence-electron chi connectivity index (χ1n) is 7.15. The number of benzene rings is 1. The highest BCUT2D eigenvalue weighted by atomic mass is 16.5. The quantitative estimate of drug-likeness (QED) is 0.580. The van der Waals surface area contributed by atoms with Gasteiger partial charge in [-0.1, -0.05) is 6.42 Å². The number of carbonyl (C=O) groups excluding carboxylic acids is 1. The number of phenols is 3. The van der Waals surface area contributed by atoms with Crippen molar-refractivity contribution in [2.45, 2.75) is 32.3 Å². The molecule has 0 radical (unpaired) electrons. The van der Waals surface area contributed by atoms with Crippen LogP contribution in [0.5, 0.6) is 17.2 Å². The number of nitrogens with zero attached hydrogens (tertiary/aromatic N) is 1. The summed E-state index contributed by atoms with van der Waals surface area (Å²) in [6.45, 7) is 4.51. The third-order valence-corrected chi connectivity index (χ3v) is 3.58. The maximum absolute atomic E-state index is 12.0. The minimum absolute atomic E-state index is 0.00768. The Bertz CT molecular complexity index is 488. The Labute approximate surface area is 123 Å². The molecular weight excluding hydrogens is 274 g/mol. The Kier molecular flexibility index (Phi) is 4.90. The monoisotopic (exact) mass is 295 g/mol. The molecule has 6 heteroatoms. The Morgan fingerprint density at radius 1 is 1.19 bits per heavy atom. The van der Waals surface area contributed by atoms with E-state index >= 15 is 0 Å². The summed E-state index contributed by atoms with van der Waals surface area (Å²) in [6, 6.07) is 2.15. The maximum Gasteiger partial charge on any atom is 0.338 e. The Hall–Kier alpha value is -1.95. The second kappa shape index (κ2) is 6.67. The molecule has 1 fully saturated rings. The van der Waals surface area contributed by atoms with Gasteiger partial charge in [-0.3, -0.25) is 4.90 Å². The van der Waals surface area contributed by atoms with E-state index in [0.717, 1.165) is 25.2 Å². The van der Waals surface area contributed by atoms with Gasteiger partial charge in [-0.15, -0.1) is 0 Å². The molecule has 1 aliphatic rings. The number of hydrogen-bond donors (Lipinski definition) is 3. The van der Waals surface area contributed by atoms with Crippen molar-refractivity contribution in [2.75, 3.05) is 19.6 Å². The van der Waals surface area contributed by atoms with Crippen LogP contribution in [0.15, 0.2) is 12.1 Å². The fourth-order valence-corrected chi connectivity index (χ4v) is 2.52. The Morgan fingerprint density at radius 3 is 2.33 bits per heavy atom. The number of phenolic OH excluding ortho intramolecular Hbond substituents is 3. The molecule has 0 aromatic heterocycles. The normalized spacial score (nSPS) is 17.4. The first kappa shape index (κ1) is 15.4. The van der Waals surface area contributed by atoms with Crippen molar-refractivity contribution in [3.63, 3.8) is 0 Å². The summed E-state index contributed by atoms with van der Waals surface area (Å²) in [4.78, 5) is 14.2. The molecule has 6 nitrogen and oxygen atoms in total. The van der Waals surface area contributed by atoms with Crippen LogP contribution in [0.1, 0.15) is 36.5 Å². The van der Waals surface area contributed by atoms with Crippen LogP contribution < -0.4 is 0 Å². The first-order chi connectivity index (χ1) is 9.97. The Morgan fingerprint density at radius 2 is 1.76 bits per heavy atom. The predicted octanol–water partition coefficient (Wildman–Crippen LogP) is 1.83. The number of likely N-dealkylation sites (tertiary alicyclic amines) is 1. The molecule has 1 saturated heterocycles. The van der Waals surface area contributed by atoms with Gasteiger partial charge in [0.25, 0.3) is 0 Å². The topological polar surface area (TPSA) is 90.2 Å². The molecule has 0 bridgehead atoms. The molecule has 1 unspecified atom stereocenters. The molecule has 0 amide bonds. The van der Waals surface area contributed by atoms with Crippen molar-refractivity contribution < 1.29 is 24.9 Å². The van der Waals surface area contributed by atoms with E-state index in [1.165, 1.54) is 19.3 Å². The lowest BCUT2D eigenvalue weighted by atomic mass is 10.1. The number of carbonyl (C=O) groups is 1. The lowest BCUT2D eigenvalue weighted by Crippen LogP contribution is -2.37. The molecule has 1 aliphatic heterocycles. The Balaban J connectivity index is 1.94. The average molecular weight is 295 g/mol. The van der Waals surface area contributed by atoms with Crippen LogP contribution >= 0.6 is 0 Å². The minimum atomic E-state index is -0.645. The molecule has 0 aliphatic carbocycles. The van der Waals surface area contributed by atoms with Crippen LogP contribution in [-0.4, -0.2) is 51.9 Å². The second-order valence-electron chi connectivity index (χ2n) is 5.44. The zero-order valence-electron chi connectivity index (χ0n) is 12.1. The van der Waals surface area contributed by atoms with Gasteiger partial charge in [-0.25, -0.2) is 4.79 Å². The van der Waals surface area contributed by atoms with E-state index in [2.05, 4.69) is 4.90 Å². The molecular formula is C15H21NO5. The molecule has 0 saturated carbocycles. The van der Waals surface area contributed by atoms with E-state index in [9.17, 15) is 20.1 Å². The maximum atomic E-state index is 12.0. The summed E-state index contributed by atoms with van der Waals surface area (Å²) in [5.74, 6) is -2.38. The van der Waals surface area contributed by atoms with Gasteiger partial charge in [-0.2, -0.15) is 0 Å². The SMILES string of the molecule is CC(CN1CCCCC1)OC(=O)c1cc(O)c(O)c(O)c1. The predicted molar refractivity (Wildman–Crippen MR) is 76.6 cm³/mol. The highest BCUT2D eigenvalue weighted by molar-refractivity contribution is 5.91. The smallest absolute Gasteiger partial charge is 0.338 e. The molecule has 21 heavy (non-hydrogen) atoms. The zero-order valence-corrected chi connectivity index (χ0v) is 12.1. The summed E-state index contributed by atoms with van der Waals surface area (Å²) in [5, 5.41) is 28.0. The van der Waals surface area contributed by atoms with E-state index in [4.69, 9.17) is 4.74 Å². The summed E-state index contributed by atoms with van der Waals surface area (Å²) in [7, 11) is 0. The van der Waals surface area contributed by atoms with Gasteiger partial charge in [-0.05, 0) is 45.0 Å². The fourth-order valence-electron chi connectivity index (χ4n) is 2.52. The number of aromatic hydroxyl groups is 3. The standard InChI is InChI=1S/C15H21NO5/c1-10(9-16-5-3-2-4-6-16)21-15(20)11-7-12(17)14(19)13(18)8-11/h7-8,10,17-19H,2-6,9H2,1H3. The molecule has 1 aromatic carbocycles. The van der Waals surface area contributed by atoms with E-state index in [0.29, 0.717) is 6.54 Å². The van der Waals surface area contributed by atoms with Crippen LogP contribution in [0.3, 0.4) is 0 Å². The molecule has 3 N–H and O–H groups in total. The lowest BCUT2D eigenvalue weighted by Gasteiger charge is -2.28. The third-order valence-electron chi connectivity index (χ3n) is 3.58. The molecule has 1 atom stereocenters. The second-order valence-corrected chi connectivity index (χ2v) is 5.44. The van der Waals surface area contributed by atoms with Gasteiger partial charge in [0.2, 0.25) is 0 Å².